The van der Waals surface area contributed by atoms with Gasteiger partial charge in [0.15, 0.2) is 11.7 Å². The third-order valence-electron chi connectivity index (χ3n) is 5.92. The summed E-state index contributed by atoms with van der Waals surface area (Å²) in [5.74, 6) is -0.701. The maximum atomic E-state index is 13.0. The molecule has 2 aromatic carbocycles. The molecule has 1 aliphatic heterocycles. The lowest BCUT2D eigenvalue weighted by molar-refractivity contribution is -0.121. The van der Waals surface area contributed by atoms with Crippen molar-refractivity contribution < 1.29 is 4.79 Å². The highest BCUT2D eigenvalue weighted by Crippen LogP contribution is 2.28. The molecular formula is C25H28N6O. The van der Waals surface area contributed by atoms with Crippen molar-refractivity contribution in [3.8, 4) is 6.07 Å². The first-order valence-electron chi connectivity index (χ1n) is 11.1. The van der Waals surface area contributed by atoms with Gasteiger partial charge in [-0.15, -0.1) is 0 Å². The van der Waals surface area contributed by atoms with Crippen LogP contribution in [0.2, 0.25) is 0 Å². The van der Waals surface area contributed by atoms with Gasteiger partial charge in [-0.3, -0.25) is 4.79 Å². The van der Waals surface area contributed by atoms with E-state index in [4.69, 9.17) is 9.97 Å². The van der Waals surface area contributed by atoms with Gasteiger partial charge in [-0.1, -0.05) is 49.4 Å². The maximum Gasteiger partial charge on any atom is 0.243 e. The Morgan fingerprint density at radius 3 is 2.34 bits per heavy atom. The zero-order valence-corrected chi connectivity index (χ0v) is 18.4. The van der Waals surface area contributed by atoms with Crippen molar-refractivity contribution in [1.82, 2.24) is 20.2 Å². The molecule has 0 bridgehead atoms. The Labute approximate surface area is 188 Å². The fourth-order valence-corrected chi connectivity index (χ4v) is 4.03. The number of nitrogens with one attached hydrogen (secondary N) is 1. The van der Waals surface area contributed by atoms with E-state index < -0.39 is 5.92 Å². The third kappa shape index (κ3) is 4.87. The average molecular weight is 429 g/mol. The second-order valence-electron chi connectivity index (χ2n) is 7.93. The number of carbonyl (C=O) groups is 1. The van der Waals surface area contributed by atoms with E-state index in [9.17, 15) is 10.1 Å². The molecule has 0 aliphatic carbocycles. The highest BCUT2D eigenvalue weighted by atomic mass is 16.1. The summed E-state index contributed by atoms with van der Waals surface area (Å²) in [7, 11) is 0. The average Bonchev–Trinajstić information content (AvgIpc) is 2.85. The van der Waals surface area contributed by atoms with Crippen LogP contribution in [-0.4, -0.2) is 60.0 Å². The third-order valence-corrected chi connectivity index (χ3v) is 5.92. The molecule has 3 aromatic rings. The van der Waals surface area contributed by atoms with Crippen LogP contribution in [0.4, 0.5) is 5.82 Å². The summed E-state index contributed by atoms with van der Waals surface area (Å²) in [5, 5.41) is 12.9. The number of hydrogen-bond acceptors (Lipinski definition) is 6. The van der Waals surface area contributed by atoms with Crippen LogP contribution in [0.1, 0.15) is 24.1 Å². The first kappa shape index (κ1) is 21.7. The molecule has 1 aromatic heterocycles. The van der Waals surface area contributed by atoms with Gasteiger partial charge in [-0.05, 0) is 30.7 Å². The van der Waals surface area contributed by atoms with Crippen LogP contribution in [0.5, 0.6) is 0 Å². The van der Waals surface area contributed by atoms with E-state index in [1.54, 1.807) is 0 Å². The first-order valence-corrected chi connectivity index (χ1v) is 11.1. The Bertz CT molecular complexity index is 1100. The van der Waals surface area contributed by atoms with Crippen molar-refractivity contribution in [3.05, 3.63) is 65.9 Å². The van der Waals surface area contributed by atoms with E-state index in [1.807, 2.05) is 54.6 Å². The Morgan fingerprint density at radius 1 is 1.03 bits per heavy atom. The smallest absolute Gasteiger partial charge is 0.243 e. The van der Waals surface area contributed by atoms with Crippen molar-refractivity contribution >= 4 is 22.8 Å². The molecular weight excluding hydrogens is 400 g/mol. The lowest BCUT2D eigenvalue weighted by Gasteiger charge is -2.35. The van der Waals surface area contributed by atoms with Gasteiger partial charge >= 0.3 is 0 Å². The number of likely N-dealkylation sites (N-methyl/N-ethyl adjacent to an activating group) is 1. The fourth-order valence-electron chi connectivity index (χ4n) is 4.03. The molecule has 7 nitrogen and oxygen atoms in total. The molecule has 4 rings (SSSR count). The summed E-state index contributed by atoms with van der Waals surface area (Å²) >= 11 is 0. The molecule has 2 heterocycles. The molecule has 0 spiro atoms. The molecule has 7 heteroatoms. The van der Waals surface area contributed by atoms with Crippen LogP contribution >= 0.6 is 0 Å². The van der Waals surface area contributed by atoms with Gasteiger partial charge in [-0.2, -0.15) is 5.26 Å². The van der Waals surface area contributed by atoms with E-state index in [0.717, 1.165) is 43.8 Å². The van der Waals surface area contributed by atoms with E-state index >= 15 is 0 Å². The van der Waals surface area contributed by atoms with E-state index in [0.29, 0.717) is 30.0 Å². The number of benzene rings is 2. The number of carbonyl (C=O) groups excluding carboxylic acids is 1. The predicted octanol–water partition coefficient (Wildman–Crippen LogP) is 2.74. The molecule has 1 N–H and O–H groups in total. The number of nitriles is 1. The Morgan fingerprint density at radius 2 is 1.69 bits per heavy atom. The Kier molecular flexibility index (Phi) is 6.93. The second-order valence-corrected chi connectivity index (χ2v) is 7.93. The number of piperazine rings is 1. The minimum absolute atomic E-state index is 0.332. The summed E-state index contributed by atoms with van der Waals surface area (Å²) in [5.41, 5.74) is 3.04. The zero-order valence-electron chi connectivity index (χ0n) is 18.4. The highest BCUT2D eigenvalue weighted by molar-refractivity contribution is 5.88. The van der Waals surface area contributed by atoms with Crippen LogP contribution in [0.3, 0.4) is 0 Å². The van der Waals surface area contributed by atoms with Gasteiger partial charge in [-0.25, -0.2) is 9.97 Å². The standard InChI is InChI=1S/C25H28N6O/c1-2-30-14-16-31(17-15-30)24-23(28-21-10-6-7-11-22(21)29-24)20(18-26)25(32)27-13-12-19-8-4-3-5-9-19/h3-11,20H,2,12-17H2,1H3,(H,27,32). The normalized spacial score (nSPS) is 15.3. The number of hydrogen-bond donors (Lipinski definition) is 1. The summed E-state index contributed by atoms with van der Waals surface area (Å²) in [4.78, 5) is 27.1. The van der Waals surface area contributed by atoms with E-state index in [-0.39, 0.29) is 5.91 Å². The largest absolute Gasteiger partial charge is 0.354 e. The fraction of sp³-hybridized carbons (Fsp3) is 0.360. The zero-order chi connectivity index (χ0) is 22.3. The quantitative estimate of drug-likeness (QED) is 0.623. The van der Waals surface area contributed by atoms with Crippen LogP contribution in [0, 0.1) is 11.3 Å². The minimum Gasteiger partial charge on any atom is -0.354 e. The molecule has 0 saturated carbocycles. The van der Waals surface area contributed by atoms with Crippen LogP contribution in [-0.2, 0) is 11.2 Å². The van der Waals surface area contributed by atoms with Crippen molar-refractivity contribution in [2.24, 2.45) is 0 Å². The van der Waals surface area contributed by atoms with Gasteiger partial charge in [0.2, 0.25) is 5.91 Å². The highest BCUT2D eigenvalue weighted by Gasteiger charge is 2.29. The van der Waals surface area contributed by atoms with Crippen LogP contribution in [0.25, 0.3) is 11.0 Å². The molecule has 1 saturated heterocycles. The SMILES string of the molecule is CCN1CCN(c2nc3ccccc3nc2C(C#N)C(=O)NCCc2ccccc2)CC1. The second kappa shape index (κ2) is 10.2. The Hall–Kier alpha value is -3.50. The van der Waals surface area contributed by atoms with Crippen molar-refractivity contribution in [3.63, 3.8) is 0 Å². The van der Waals surface area contributed by atoms with Gasteiger partial charge < -0.3 is 15.1 Å². The number of fused-ring (bicyclic) bond motifs is 1. The molecule has 1 aliphatic rings. The summed E-state index contributed by atoms with van der Waals surface area (Å²) in [6, 6.07) is 19.7. The number of aromatic nitrogens is 2. The van der Waals surface area contributed by atoms with Gasteiger partial charge in [0.05, 0.1) is 17.1 Å². The van der Waals surface area contributed by atoms with Crippen molar-refractivity contribution in [1.29, 1.82) is 5.26 Å². The van der Waals surface area contributed by atoms with Gasteiger partial charge in [0.25, 0.3) is 0 Å². The molecule has 1 amide bonds. The number of rotatable bonds is 7. The summed E-state index contributed by atoms with van der Waals surface area (Å²) in [6.07, 6.45) is 0.708. The summed E-state index contributed by atoms with van der Waals surface area (Å²) < 4.78 is 0. The Balaban J connectivity index is 1.58. The number of anilines is 1. The topological polar surface area (TPSA) is 85.2 Å². The molecule has 1 fully saturated rings. The van der Waals surface area contributed by atoms with Crippen molar-refractivity contribution in [2.45, 2.75) is 19.3 Å². The molecule has 1 unspecified atom stereocenters. The van der Waals surface area contributed by atoms with Crippen molar-refractivity contribution in [2.75, 3.05) is 44.2 Å². The number of amides is 1. The molecule has 164 valence electrons. The maximum absolute atomic E-state index is 13.0. The number of nitrogens with zero attached hydrogens (tertiary/aromatic N) is 5. The van der Waals surface area contributed by atoms with E-state index in [2.05, 4.69) is 28.1 Å². The molecule has 32 heavy (non-hydrogen) atoms. The predicted molar refractivity (Wildman–Crippen MR) is 125 cm³/mol. The monoisotopic (exact) mass is 428 g/mol. The lowest BCUT2D eigenvalue weighted by atomic mass is 10.0. The molecule has 1 atom stereocenters. The van der Waals surface area contributed by atoms with E-state index in [1.165, 1.54) is 0 Å². The first-order chi connectivity index (χ1) is 15.7. The van der Waals surface area contributed by atoms with Crippen LogP contribution in [0.15, 0.2) is 54.6 Å². The lowest BCUT2D eigenvalue weighted by Crippen LogP contribution is -2.47. The van der Waals surface area contributed by atoms with Crippen LogP contribution < -0.4 is 10.2 Å². The van der Waals surface area contributed by atoms with Gasteiger partial charge in [0, 0.05) is 32.7 Å². The summed E-state index contributed by atoms with van der Waals surface area (Å²) in [6.45, 7) is 7.06. The minimum atomic E-state index is -1.01. The number of para-hydroxylation sites is 2. The van der Waals surface area contributed by atoms with Gasteiger partial charge in [0.1, 0.15) is 5.69 Å². The molecule has 0 radical (unpaired) electrons.